The third-order valence-corrected chi connectivity index (χ3v) is 4.23. The maximum atomic E-state index is 12.5. The highest BCUT2D eigenvalue weighted by molar-refractivity contribution is 5.85. The van der Waals surface area contributed by atoms with E-state index in [9.17, 15) is 9.90 Å². The molecule has 124 valence electrons. The van der Waals surface area contributed by atoms with Crippen molar-refractivity contribution in [2.24, 2.45) is 0 Å². The van der Waals surface area contributed by atoms with Crippen molar-refractivity contribution < 1.29 is 9.52 Å². The first-order valence-electron chi connectivity index (χ1n) is 7.93. The van der Waals surface area contributed by atoms with Gasteiger partial charge in [0.25, 0.3) is 0 Å². The van der Waals surface area contributed by atoms with Gasteiger partial charge < -0.3 is 14.4 Å². The second-order valence-corrected chi connectivity index (χ2v) is 6.33. The topological polar surface area (TPSA) is 53.7 Å². The van der Waals surface area contributed by atoms with Crippen LogP contribution >= 0.6 is 0 Å². The van der Waals surface area contributed by atoms with Crippen LogP contribution in [0.25, 0.3) is 11.0 Å². The number of phenols is 1. The van der Waals surface area contributed by atoms with Gasteiger partial charge in [0.2, 0.25) is 0 Å². The van der Waals surface area contributed by atoms with Crippen LogP contribution in [0.1, 0.15) is 22.3 Å². The molecular weight excluding hydrogens is 302 g/mol. The summed E-state index contributed by atoms with van der Waals surface area (Å²) in [5.41, 5.74) is 3.42. The van der Waals surface area contributed by atoms with Gasteiger partial charge in [0.1, 0.15) is 11.3 Å². The number of nitrogens with zero attached hydrogens (tertiary/aromatic N) is 1. The molecule has 0 bridgehead atoms. The lowest BCUT2D eigenvalue weighted by Gasteiger charge is -2.15. The van der Waals surface area contributed by atoms with Crippen LogP contribution in [0.2, 0.25) is 0 Å². The number of rotatable bonds is 4. The van der Waals surface area contributed by atoms with E-state index in [1.165, 1.54) is 0 Å². The molecule has 1 heterocycles. The Labute approximate surface area is 141 Å². The zero-order valence-corrected chi connectivity index (χ0v) is 14.2. The third kappa shape index (κ3) is 3.05. The van der Waals surface area contributed by atoms with Crippen LogP contribution in [0.5, 0.6) is 5.75 Å². The quantitative estimate of drug-likeness (QED) is 0.747. The average molecular weight is 323 g/mol. The molecule has 3 aromatic rings. The first-order valence-corrected chi connectivity index (χ1v) is 7.93. The number of fused-ring (bicyclic) bond motifs is 1. The maximum Gasteiger partial charge on any atom is 0.340 e. The fourth-order valence-corrected chi connectivity index (χ4v) is 2.97. The van der Waals surface area contributed by atoms with Crippen LogP contribution in [-0.4, -0.2) is 24.1 Å². The van der Waals surface area contributed by atoms with E-state index >= 15 is 0 Å². The van der Waals surface area contributed by atoms with Crippen molar-refractivity contribution in [1.82, 2.24) is 4.90 Å². The van der Waals surface area contributed by atoms with E-state index < -0.39 is 0 Å². The molecule has 0 saturated heterocycles. The molecule has 24 heavy (non-hydrogen) atoms. The molecule has 4 nitrogen and oxygen atoms in total. The molecule has 0 aliphatic rings. The summed E-state index contributed by atoms with van der Waals surface area (Å²) in [7, 11) is 3.82. The Bertz CT molecular complexity index is 927. The molecule has 0 unspecified atom stereocenters. The van der Waals surface area contributed by atoms with E-state index in [0.29, 0.717) is 29.7 Å². The molecule has 4 heteroatoms. The lowest BCUT2D eigenvalue weighted by Crippen LogP contribution is -2.14. The molecule has 0 aliphatic carbocycles. The summed E-state index contributed by atoms with van der Waals surface area (Å²) in [5, 5.41) is 11.0. The minimum Gasteiger partial charge on any atom is -0.507 e. The molecule has 0 fully saturated rings. The Morgan fingerprint density at radius 2 is 1.75 bits per heavy atom. The summed E-state index contributed by atoms with van der Waals surface area (Å²) < 4.78 is 5.62. The SMILES string of the molecule is Cc1c(Cc2ccccc2)c(=O)oc2c(CN(C)C)c(O)ccc12. The van der Waals surface area contributed by atoms with Crippen LogP contribution in [-0.2, 0) is 13.0 Å². The van der Waals surface area contributed by atoms with Gasteiger partial charge in [0, 0.05) is 23.9 Å². The van der Waals surface area contributed by atoms with Crippen molar-refractivity contribution in [3.8, 4) is 5.75 Å². The van der Waals surface area contributed by atoms with E-state index in [0.717, 1.165) is 16.5 Å². The number of phenolic OH excluding ortho intramolecular Hbond substituents is 1. The van der Waals surface area contributed by atoms with E-state index in [1.807, 2.05) is 62.3 Å². The molecule has 3 rings (SSSR count). The van der Waals surface area contributed by atoms with E-state index in [4.69, 9.17) is 4.42 Å². The van der Waals surface area contributed by atoms with Crippen LogP contribution in [0.15, 0.2) is 51.7 Å². The lowest BCUT2D eigenvalue weighted by molar-refractivity contribution is 0.383. The van der Waals surface area contributed by atoms with Crippen molar-refractivity contribution in [2.75, 3.05) is 14.1 Å². The second-order valence-electron chi connectivity index (χ2n) is 6.33. The van der Waals surface area contributed by atoms with Crippen molar-refractivity contribution in [3.05, 3.63) is 75.1 Å². The first kappa shape index (κ1) is 16.3. The normalized spacial score (nSPS) is 11.3. The lowest BCUT2D eigenvalue weighted by atomic mass is 9.98. The highest BCUT2D eigenvalue weighted by atomic mass is 16.4. The smallest absolute Gasteiger partial charge is 0.340 e. The third-order valence-electron chi connectivity index (χ3n) is 4.23. The molecular formula is C20H21NO3. The van der Waals surface area contributed by atoms with Gasteiger partial charge in [-0.3, -0.25) is 0 Å². The van der Waals surface area contributed by atoms with Gasteiger partial charge in [0.15, 0.2) is 0 Å². The van der Waals surface area contributed by atoms with Gasteiger partial charge in [0.05, 0.1) is 5.56 Å². The summed E-state index contributed by atoms with van der Waals surface area (Å²) in [6, 6.07) is 13.3. The molecule has 1 N–H and O–H groups in total. The van der Waals surface area contributed by atoms with Crippen molar-refractivity contribution in [2.45, 2.75) is 19.9 Å². The Morgan fingerprint density at radius 1 is 1.04 bits per heavy atom. The number of aromatic hydroxyl groups is 1. The van der Waals surface area contributed by atoms with Crippen LogP contribution in [0.3, 0.4) is 0 Å². The first-order chi connectivity index (χ1) is 11.5. The standard InChI is InChI=1S/C20H21NO3/c1-13-15-9-10-18(22)17(12-21(2)3)19(15)24-20(23)16(13)11-14-7-5-4-6-8-14/h4-10,22H,11-12H2,1-3H3. The molecule has 0 spiro atoms. The van der Waals surface area contributed by atoms with Crippen LogP contribution in [0.4, 0.5) is 0 Å². The Balaban J connectivity index is 2.18. The minimum atomic E-state index is -0.338. The predicted molar refractivity (Wildman–Crippen MR) is 95.5 cm³/mol. The molecule has 1 aromatic heterocycles. The Kier molecular flexibility index (Phi) is 4.40. The summed E-state index contributed by atoms with van der Waals surface area (Å²) >= 11 is 0. The summed E-state index contributed by atoms with van der Waals surface area (Å²) in [5.74, 6) is 0.148. The zero-order chi connectivity index (χ0) is 17.3. The second kappa shape index (κ2) is 6.49. The highest BCUT2D eigenvalue weighted by Gasteiger charge is 2.17. The summed E-state index contributed by atoms with van der Waals surface area (Å²) in [6.45, 7) is 2.44. The fraction of sp³-hybridized carbons (Fsp3) is 0.250. The highest BCUT2D eigenvalue weighted by Crippen LogP contribution is 2.30. The van der Waals surface area contributed by atoms with E-state index in [-0.39, 0.29) is 11.4 Å². The van der Waals surface area contributed by atoms with Crippen LogP contribution < -0.4 is 5.63 Å². The Hall–Kier alpha value is -2.59. The minimum absolute atomic E-state index is 0.148. The van der Waals surface area contributed by atoms with Gasteiger partial charge in [-0.25, -0.2) is 4.79 Å². The van der Waals surface area contributed by atoms with Crippen LogP contribution in [0, 0.1) is 6.92 Å². The maximum absolute atomic E-state index is 12.5. The molecule has 0 amide bonds. The number of benzene rings is 2. The van der Waals surface area contributed by atoms with E-state index in [2.05, 4.69) is 0 Å². The molecule has 0 atom stereocenters. The van der Waals surface area contributed by atoms with Gasteiger partial charge in [-0.2, -0.15) is 0 Å². The Morgan fingerprint density at radius 3 is 2.42 bits per heavy atom. The van der Waals surface area contributed by atoms with Crippen molar-refractivity contribution in [1.29, 1.82) is 0 Å². The van der Waals surface area contributed by atoms with Gasteiger partial charge >= 0.3 is 5.63 Å². The molecule has 2 aromatic carbocycles. The molecule has 0 radical (unpaired) electrons. The van der Waals surface area contributed by atoms with Gasteiger partial charge in [-0.15, -0.1) is 0 Å². The van der Waals surface area contributed by atoms with Crippen molar-refractivity contribution >= 4 is 11.0 Å². The summed E-state index contributed by atoms with van der Waals surface area (Å²) in [4.78, 5) is 14.5. The fourth-order valence-electron chi connectivity index (χ4n) is 2.97. The largest absolute Gasteiger partial charge is 0.507 e. The zero-order valence-electron chi connectivity index (χ0n) is 14.2. The number of hydrogen-bond acceptors (Lipinski definition) is 4. The van der Waals surface area contributed by atoms with E-state index in [1.54, 1.807) is 6.07 Å². The number of aryl methyl sites for hydroxylation is 1. The van der Waals surface area contributed by atoms with Gasteiger partial charge in [-0.1, -0.05) is 30.3 Å². The molecule has 0 aliphatic heterocycles. The van der Waals surface area contributed by atoms with Crippen molar-refractivity contribution in [3.63, 3.8) is 0 Å². The molecule has 0 saturated carbocycles. The monoisotopic (exact) mass is 323 g/mol. The number of hydrogen-bond donors (Lipinski definition) is 1. The average Bonchev–Trinajstić information content (AvgIpc) is 2.55. The summed E-state index contributed by atoms with van der Waals surface area (Å²) in [6.07, 6.45) is 0.537. The van der Waals surface area contributed by atoms with Gasteiger partial charge in [-0.05, 0) is 44.3 Å². The predicted octanol–water partition coefficient (Wildman–Crippen LogP) is 3.46.